The molecule has 0 fully saturated rings. The van der Waals surface area contributed by atoms with Gasteiger partial charge in [-0.25, -0.2) is 0 Å². The predicted octanol–water partition coefficient (Wildman–Crippen LogP) is 3.74. The zero-order chi connectivity index (χ0) is 12.6. The second kappa shape index (κ2) is 37.5. The van der Waals surface area contributed by atoms with Crippen LogP contribution in [0.5, 0.6) is 0 Å². The summed E-state index contributed by atoms with van der Waals surface area (Å²) in [5.74, 6) is 0. The standard InChI is InChI=1S/2C2H3N.2CF3.Cd/c2*1-2-3;2*2-1(3)4;/h2*1H3;;;/q;;2*-1;+2. The van der Waals surface area contributed by atoms with E-state index in [9.17, 15) is 26.3 Å². The van der Waals surface area contributed by atoms with Gasteiger partial charge in [-0.1, -0.05) is 0 Å². The van der Waals surface area contributed by atoms with Crippen LogP contribution in [0.2, 0.25) is 0 Å². The topological polar surface area (TPSA) is 47.6 Å². The van der Waals surface area contributed by atoms with Crippen molar-refractivity contribution in [2.45, 2.75) is 13.8 Å². The van der Waals surface area contributed by atoms with Crippen LogP contribution in [-0.2, 0) is 27.3 Å². The number of rotatable bonds is 0. The fourth-order valence-corrected chi connectivity index (χ4v) is 0. The van der Waals surface area contributed by atoms with Crippen molar-refractivity contribution in [1.29, 1.82) is 10.5 Å². The fourth-order valence-electron chi connectivity index (χ4n) is 0. The second-order valence-electron chi connectivity index (χ2n) is 0.876. The van der Waals surface area contributed by atoms with E-state index in [1.165, 1.54) is 13.8 Å². The first-order valence-corrected chi connectivity index (χ1v) is 2.58. The molecule has 0 unspecified atom stereocenters. The molecule has 0 aliphatic heterocycles. The maximum Gasteiger partial charge on any atom is 2.00 e. The number of halogens is 6. The number of nitriles is 2. The largest absolute Gasteiger partial charge is 2.00 e. The molecule has 0 N–H and O–H groups in total. The first kappa shape index (κ1) is 29.3. The Hall–Kier alpha value is -0.518. The Morgan fingerprint density at radius 3 is 0.733 bits per heavy atom. The summed E-state index contributed by atoms with van der Waals surface area (Å²) in [6.45, 7) is -3.31. The first-order chi connectivity index (χ1) is 6.29. The van der Waals surface area contributed by atoms with Crippen LogP contribution in [0.15, 0.2) is 0 Å². The van der Waals surface area contributed by atoms with Crippen LogP contribution in [0.1, 0.15) is 13.8 Å². The van der Waals surface area contributed by atoms with E-state index >= 15 is 0 Å². The molecule has 15 heavy (non-hydrogen) atoms. The first-order valence-electron chi connectivity index (χ1n) is 2.58. The maximum atomic E-state index is 9.58. The Kier molecular flexibility index (Phi) is 73.2. The van der Waals surface area contributed by atoms with Gasteiger partial charge in [0.2, 0.25) is 0 Å². The van der Waals surface area contributed by atoms with Gasteiger partial charge in [0, 0.05) is 13.8 Å². The van der Waals surface area contributed by atoms with Gasteiger partial charge >= 0.3 is 27.3 Å². The van der Waals surface area contributed by atoms with E-state index in [0.717, 1.165) is 0 Å². The zero-order valence-corrected chi connectivity index (χ0v) is 11.9. The molecule has 84 valence electrons. The van der Waals surface area contributed by atoms with Crippen molar-refractivity contribution in [3.05, 3.63) is 13.4 Å². The van der Waals surface area contributed by atoms with Crippen molar-refractivity contribution < 1.29 is 53.6 Å². The van der Waals surface area contributed by atoms with Crippen molar-refractivity contribution in [3.63, 3.8) is 0 Å². The molecule has 0 aromatic carbocycles. The molecule has 0 rings (SSSR count). The van der Waals surface area contributed by atoms with E-state index in [1.807, 2.05) is 0 Å². The minimum atomic E-state index is -3.08. The molecule has 0 aliphatic carbocycles. The zero-order valence-electron chi connectivity index (χ0n) is 7.87. The second-order valence-corrected chi connectivity index (χ2v) is 0.876. The van der Waals surface area contributed by atoms with Gasteiger partial charge in [-0.15, -0.1) is 0 Å². The molecule has 0 aromatic heterocycles. The summed E-state index contributed by atoms with van der Waals surface area (Å²) >= 11 is 0. The summed E-state index contributed by atoms with van der Waals surface area (Å²) < 4.78 is 57.5. The third-order valence-electron chi connectivity index (χ3n) is 0. The molecular weight excluding hydrogens is 326 g/mol. The van der Waals surface area contributed by atoms with E-state index < -0.39 is 13.4 Å². The molecule has 2 nitrogen and oxygen atoms in total. The molecule has 0 saturated heterocycles. The van der Waals surface area contributed by atoms with Crippen molar-refractivity contribution in [1.82, 2.24) is 0 Å². The minimum Gasteiger partial charge on any atom is -0.385 e. The number of nitrogens with zero attached hydrogens (tertiary/aromatic N) is 2. The molecule has 0 heterocycles. The van der Waals surface area contributed by atoms with Gasteiger partial charge in [0.15, 0.2) is 13.4 Å². The molecule has 0 aliphatic rings. The molecule has 0 spiro atoms. The van der Waals surface area contributed by atoms with Crippen LogP contribution in [0, 0.1) is 36.0 Å². The SMILES string of the molecule is CC#N.CC#N.F[C-](F)F.F[C-](F)F.[Cd+2]. The summed E-state index contributed by atoms with van der Waals surface area (Å²) in [4.78, 5) is 0. The molecule has 9 heteroatoms. The average molecular weight is 333 g/mol. The Bertz CT molecular complexity index is 129. The maximum absolute atomic E-state index is 9.58. The Labute approximate surface area is 104 Å². The van der Waals surface area contributed by atoms with Gasteiger partial charge in [-0.2, -0.15) is 10.5 Å². The van der Waals surface area contributed by atoms with Gasteiger partial charge in [-0.3, -0.25) is 0 Å². The summed E-state index contributed by atoms with van der Waals surface area (Å²) in [7, 11) is 0. The van der Waals surface area contributed by atoms with Gasteiger partial charge < -0.3 is 26.3 Å². The van der Waals surface area contributed by atoms with Crippen molar-refractivity contribution in [2.75, 3.05) is 0 Å². The summed E-state index contributed by atoms with van der Waals surface area (Å²) in [6, 6.07) is 3.50. The molecule has 0 bridgehead atoms. The van der Waals surface area contributed by atoms with Gasteiger partial charge in [0.1, 0.15) is 0 Å². The van der Waals surface area contributed by atoms with E-state index in [1.54, 1.807) is 12.1 Å². The predicted molar refractivity (Wildman–Crippen MR) is 35.7 cm³/mol. The van der Waals surface area contributed by atoms with Gasteiger partial charge in [0.05, 0.1) is 12.1 Å². The molecular formula is C6H6CdF6N2. The van der Waals surface area contributed by atoms with E-state index in [-0.39, 0.29) is 27.3 Å². The smallest absolute Gasteiger partial charge is 0.385 e. The average Bonchev–Trinajstić information content (AvgIpc) is 1.85. The minimum absolute atomic E-state index is 0. The van der Waals surface area contributed by atoms with Gasteiger partial charge in [-0.05, 0) is 0 Å². The van der Waals surface area contributed by atoms with Crippen molar-refractivity contribution >= 4 is 0 Å². The van der Waals surface area contributed by atoms with Crippen molar-refractivity contribution in [3.8, 4) is 12.1 Å². The molecule has 0 saturated carbocycles. The van der Waals surface area contributed by atoms with Crippen LogP contribution in [0.25, 0.3) is 0 Å². The van der Waals surface area contributed by atoms with E-state index in [0.29, 0.717) is 0 Å². The third-order valence-corrected chi connectivity index (χ3v) is 0. The van der Waals surface area contributed by atoms with Crippen LogP contribution in [0.3, 0.4) is 0 Å². The molecule has 0 radical (unpaired) electrons. The van der Waals surface area contributed by atoms with Gasteiger partial charge in [0.25, 0.3) is 0 Å². The van der Waals surface area contributed by atoms with E-state index in [4.69, 9.17) is 10.5 Å². The summed E-state index contributed by atoms with van der Waals surface area (Å²) in [6.07, 6.45) is 0. The Morgan fingerprint density at radius 2 is 0.733 bits per heavy atom. The van der Waals surface area contributed by atoms with Crippen LogP contribution >= 0.6 is 0 Å². The van der Waals surface area contributed by atoms with Crippen LogP contribution < -0.4 is 0 Å². The number of hydrogen-bond acceptors (Lipinski definition) is 2. The van der Waals surface area contributed by atoms with E-state index in [2.05, 4.69) is 0 Å². The summed E-state index contributed by atoms with van der Waals surface area (Å²) in [5.41, 5.74) is 0. The molecule has 0 atom stereocenters. The Balaban J connectivity index is -0.0000000293. The fraction of sp³-hybridized carbons (Fsp3) is 0.333. The Morgan fingerprint density at radius 1 is 0.733 bits per heavy atom. The van der Waals surface area contributed by atoms with Crippen LogP contribution in [0.4, 0.5) is 26.3 Å². The van der Waals surface area contributed by atoms with Crippen LogP contribution in [-0.4, -0.2) is 0 Å². The van der Waals surface area contributed by atoms with Crippen molar-refractivity contribution in [2.24, 2.45) is 0 Å². The third kappa shape index (κ3) is 6630. The number of hydrogen-bond donors (Lipinski definition) is 0. The quantitative estimate of drug-likeness (QED) is 0.385. The summed E-state index contributed by atoms with van der Waals surface area (Å²) in [5, 5.41) is 14.6. The monoisotopic (exact) mass is 334 g/mol. The molecule has 0 aromatic rings. The normalized spacial score (nSPS) is 5.87. The molecule has 0 amide bonds.